The zero-order chi connectivity index (χ0) is 18.2. The van der Waals surface area contributed by atoms with Crippen LogP contribution in [0.4, 0.5) is 0 Å². The molecule has 0 atom stereocenters. The van der Waals surface area contributed by atoms with Gasteiger partial charge in [0.25, 0.3) is 0 Å². The summed E-state index contributed by atoms with van der Waals surface area (Å²) in [6.45, 7) is 0.893. The van der Waals surface area contributed by atoms with E-state index < -0.39 is 0 Å². The van der Waals surface area contributed by atoms with Crippen molar-refractivity contribution in [2.45, 2.75) is 12.8 Å². The molecule has 0 N–H and O–H groups in total. The summed E-state index contributed by atoms with van der Waals surface area (Å²) in [6.07, 6.45) is 8.18. The van der Waals surface area contributed by atoms with E-state index in [2.05, 4.69) is 71.2 Å². The summed E-state index contributed by atoms with van der Waals surface area (Å²) in [6, 6.07) is 19.4. The van der Waals surface area contributed by atoms with Gasteiger partial charge in [-0.2, -0.15) is 0 Å². The minimum absolute atomic E-state index is 0.893. The quantitative estimate of drug-likeness (QED) is 0.476. The van der Waals surface area contributed by atoms with Gasteiger partial charge in [0, 0.05) is 53.4 Å². The van der Waals surface area contributed by atoms with Crippen LogP contribution >= 0.6 is 0 Å². The molecule has 3 heteroatoms. The van der Waals surface area contributed by atoms with Gasteiger partial charge in [-0.05, 0) is 60.4 Å². The van der Waals surface area contributed by atoms with E-state index >= 15 is 0 Å². The molecule has 0 saturated heterocycles. The van der Waals surface area contributed by atoms with Gasteiger partial charge in [0.15, 0.2) is 0 Å². The normalized spacial score (nSPS) is 16.2. The molecule has 5 rings (SSSR count). The summed E-state index contributed by atoms with van der Waals surface area (Å²) >= 11 is 0. The lowest BCUT2D eigenvalue weighted by Gasteiger charge is -2.16. The highest BCUT2D eigenvalue weighted by atomic mass is 14.9. The van der Waals surface area contributed by atoms with Crippen molar-refractivity contribution in [3.63, 3.8) is 0 Å². The van der Waals surface area contributed by atoms with Gasteiger partial charge in [-0.1, -0.05) is 24.3 Å². The molecule has 4 aromatic rings. The lowest BCUT2D eigenvalue weighted by atomic mass is 9.94. The molecular weight excluding hydrogens is 330 g/mol. The SMILES string of the molecule is Cn1c2ccccc2c2cc(C=C3CCCN=C3c3cccnc3)ccc21. The Morgan fingerprint density at radius 2 is 1.85 bits per heavy atom. The van der Waals surface area contributed by atoms with Crippen LogP contribution in [0.1, 0.15) is 24.0 Å². The second kappa shape index (κ2) is 6.51. The van der Waals surface area contributed by atoms with E-state index in [1.165, 1.54) is 32.9 Å². The Hall–Kier alpha value is -3.20. The van der Waals surface area contributed by atoms with Crippen LogP contribution in [-0.4, -0.2) is 21.8 Å². The fourth-order valence-corrected chi connectivity index (χ4v) is 4.08. The Labute approximate surface area is 158 Å². The molecule has 27 heavy (non-hydrogen) atoms. The second-order valence-electron chi connectivity index (χ2n) is 7.10. The van der Waals surface area contributed by atoms with Crippen molar-refractivity contribution in [3.8, 4) is 0 Å². The smallest absolute Gasteiger partial charge is 0.0694 e. The maximum atomic E-state index is 4.80. The predicted molar refractivity (Wildman–Crippen MR) is 113 cm³/mol. The minimum Gasteiger partial charge on any atom is -0.344 e. The topological polar surface area (TPSA) is 30.2 Å². The van der Waals surface area contributed by atoms with Gasteiger partial charge in [0.1, 0.15) is 0 Å². The van der Waals surface area contributed by atoms with Crippen molar-refractivity contribution in [1.82, 2.24) is 9.55 Å². The van der Waals surface area contributed by atoms with Crippen molar-refractivity contribution in [1.29, 1.82) is 0 Å². The molecule has 0 spiro atoms. The van der Waals surface area contributed by atoms with Crippen LogP contribution in [0, 0.1) is 0 Å². The second-order valence-corrected chi connectivity index (χ2v) is 7.10. The number of pyridine rings is 1. The van der Waals surface area contributed by atoms with Gasteiger partial charge in [0.05, 0.1) is 5.71 Å². The number of aliphatic imine (C=N–C) groups is 1. The molecule has 0 bridgehead atoms. The highest BCUT2D eigenvalue weighted by Gasteiger charge is 2.15. The number of hydrogen-bond acceptors (Lipinski definition) is 2. The first kappa shape index (κ1) is 16.0. The predicted octanol–water partition coefficient (Wildman–Crippen LogP) is 5.39. The van der Waals surface area contributed by atoms with Crippen LogP contribution in [0.2, 0.25) is 0 Å². The van der Waals surface area contributed by atoms with Crippen molar-refractivity contribution >= 4 is 33.6 Å². The van der Waals surface area contributed by atoms with Gasteiger partial charge < -0.3 is 4.57 Å². The summed E-state index contributed by atoms with van der Waals surface area (Å²) in [7, 11) is 2.14. The number of para-hydroxylation sites is 1. The lowest BCUT2D eigenvalue weighted by Crippen LogP contribution is -2.11. The Morgan fingerprint density at radius 3 is 2.74 bits per heavy atom. The third-order valence-electron chi connectivity index (χ3n) is 5.39. The van der Waals surface area contributed by atoms with E-state index in [1.54, 1.807) is 0 Å². The number of benzene rings is 2. The number of hydrogen-bond donors (Lipinski definition) is 0. The summed E-state index contributed by atoms with van der Waals surface area (Å²) in [5.74, 6) is 0. The van der Waals surface area contributed by atoms with Crippen LogP contribution < -0.4 is 0 Å². The molecule has 0 fully saturated rings. The van der Waals surface area contributed by atoms with Crippen molar-refractivity contribution < 1.29 is 0 Å². The van der Waals surface area contributed by atoms with Gasteiger partial charge in [-0.3, -0.25) is 9.98 Å². The zero-order valence-corrected chi connectivity index (χ0v) is 15.4. The van der Waals surface area contributed by atoms with Crippen LogP contribution in [0.25, 0.3) is 27.9 Å². The van der Waals surface area contributed by atoms with Crippen molar-refractivity contribution in [2.75, 3.05) is 6.54 Å². The van der Waals surface area contributed by atoms with E-state index in [9.17, 15) is 0 Å². The van der Waals surface area contributed by atoms with E-state index in [1.807, 2.05) is 18.5 Å². The van der Waals surface area contributed by atoms with E-state index in [-0.39, 0.29) is 0 Å². The molecule has 1 aliphatic heterocycles. The Balaban J connectivity index is 1.64. The average Bonchev–Trinajstić information content (AvgIpc) is 3.01. The van der Waals surface area contributed by atoms with Gasteiger partial charge in [-0.15, -0.1) is 0 Å². The van der Waals surface area contributed by atoms with Gasteiger partial charge in [-0.25, -0.2) is 0 Å². The third-order valence-corrected chi connectivity index (χ3v) is 5.39. The molecule has 0 saturated carbocycles. The number of aromatic nitrogens is 2. The first-order valence-corrected chi connectivity index (χ1v) is 9.44. The summed E-state index contributed by atoms with van der Waals surface area (Å²) < 4.78 is 2.27. The molecule has 2 aromatic heterocycles. The number of nitrogens with zero attached hydrogens (tertiary/aromatic N) is 3. The maximum absolute atomic E-state index is 4.80. The number of allylic oxidation sites excluding steroid dienone is 1. The fourth-order valence-electron chi connectivity index (χ4n) is 4.08. The first-order valence-electron chi connectivity index (χ1n) is 9.44. The van der Waals surface area contributed by atoms with E-state index in [0.29, 0.717) is 0 Å². The molecule has 3 heterocycles. The third kappa shape index (κ3) is 2.76. The Morgan fingerprint density at radius 1 is 0.963 bits per heavy atom. The number of fused-ring (bicyclic) bond motifs is 3. The first-order chi connectivity index (χ1) is 13.3. The average molecular weight is 351 g/mol. The molecule has 0 aliphatic carbocycles. The highest BCUT2D eigenvalue weighted by Crippen LogP contribution is 2.30. The Kier molecular flexibility index (Phi) is 3.86. The molecular formula is C24H21N3. The molecule has 0 unspecified atom stereocenters. The standard InChI is InChI=1S/C24H21N3/c1-27-22-9-3-2-8-20(22)21-15-17(10-11-23(21)27)14-18-6-5-13-26-24(18)19-7-4-12-25-16-19/h2-4,7-12,14-16H,5-6,13H2,1H3. The van der Waals surface area contributed by atoms with E-state index in [0.717, 1.165) is 30.7 Å². The number of rotatable bonds is 2. The highest BCUT2D eigenvalue weighted by molar-refractivity contribution is 6.15. The van der Waals surface area contributed by atoms with Crippen LogP contribution in [-0.2, 0) is 7.05 Å². The van der Waals surface area contributed by atoms with Crippen LogP contribution in [0.5, 0.6) is 0 Å². The van der Waals surface area contributed by atoms with Crippen LogP contribution in [0.15, 0.2) is 77.6 Å². The monoisotopic (exact) mass is 351 g/mol. The molecule has 0 radical (unpaired) electrons. The van der Waals surface area contributed by atoms with E-state index in [4.69, 9.17) is 4.99 Å². The fraction of sp³-hybridized carbons (Fsp3) is 0.167. The molecule has 2 aromatic carbocycles. The van der Waals surface area contributed by atoms with Gasteiger partial charge in [0.2, 0.25) is 0 Å². The summed E-state index contributed by atoms with van der Waals surface area (Å²) in [5.41, 5.74) is 7.26. The molecule has 132 valence electrons. The van der Waals surface area contributed by atoms with Crippen molar-refractivity contribution in [3.05, 3.63) is 83.7 Å². The maximum Gasteiger partial charge on any atom is 0.0694 e. The van der Waals surface area contributed by atoms with Crippen molar-refractivity contribution in [2.24, 2.45) is 12.0 Å². The molecule has 0 amide bonds. The zero-order valence-electron chi connectivity index (χ0n) is 15.4. The summed E-state index contributed by atoms with van der Waals surface area (Å²) in [5, 5.41) is 2.61. The lowest BCUT2D eigenvalue weighted by molar-refractivity contribution is 0.818. The van der Waals surface area contributed by atoms with Crippen LogP contribution in [0.3, 0.4) is 0 Å². The Bertz CT molecular complexity index is 1200. The molecule has 1 aliphatic rings. The number of aryl methyl sites for hydroxylation is 1. The molecule has 3 nitrogen and oxygen atoms in total. The minimum atomic E-state index is 0.893. The summed E-state index contributed by atoms with van der Waals surface area (Å²) in [4.78, 5) is 9.07. The largest absolute Gasteiger partial charge is 0.344 e. The van der Waals surface area contributed by atoms with Gasteiger partial charge >= 0.3 is 0 Å².